The van der Waals surface area contributed by atoms with Crippen molar-refractivity contribution in [3.63, 3.8) is 0 Å². The van der Waals surface area contributed by atoms with Crippen molar-refractivity contribution >= 4 is 17.4 Å². The first kappa shape index (κ1) is 12.4. The molecule has 0 bridgehead atoms. The van der Waals surface area contributed by atoms with Crippen LogP contribution in [0.4, 0.5) is 0 Å². The van der Waals surface area contributed by atoms with E-state index in [4.69, 9.17) is 27.5 Å². The Hall–Kier alpha value is -2.07. The van der Waals surface area contributed by atoms with Crippen molar-refractivity contribution < 1.29 is 4.74 Å². The minimum atomic E-state index is -0.00579. The molecule has 0 aliphatic carbocycles. The molecular formula is C13H12ClN3O. The second kappa shape index (κ2) is 5.51. The molecule has 2 aromatic rings. The Labute approximate surface area is 110 Å². The predicted molar refractivity (Wildman–Crippen MR) is 71.0 cm³/mol. The van der Waals surface area contributed by atoms with Crippen LogP contribution in [0.25, 0.3) is 0 Å². The molecule has 0 amide bonds. The van der Waals surface area contributed by atoms with Gasteiger partial charge in [0.25, 0.3) is 0 Å². The molecule has 18 heavy (non-hydrogen) atoms. The standard InChI is InChI=1S/C13H12ClN3O/c14-11-3-1-9(2-4-11)8-18-12-7-10(13(15)16)5-6-17-12/h1-7H,8H2,(H3,15,16). The molecule has 2 rings (SSSR count). The average molecular weight is 262 g/mol. The minimum absolute atomic E-state index is 0.00579. The lowest BCUT2D eigenvalue weighted by Crippen LogP contribution is -2.11. The number of hydrogen-bond acceptors (Lipinski definition) is 3. The van der Waals surface area contributed by atoms with Gasteiger partial charge in [0.1, 0.15) is 12.4 Å². The number of aromatic nitrogens is 1. The fourth-order valence-corrected chi connectivity index (χ4v) is 1.52. The molecule has 4 nitrogen and oxygen atoms in total. The maximum absolute atomic E-state index is 7.33. The number of rotatable bonds is 4. The molecule has 1 aromatic carbocycles. The van der Waals surface area contributed by atoms with Gasteiger partial charge in [-0.1, -0.05) is 23.7 Å². The van der Waals surface area contributed by atoms with Crippen molar-refractivity contribution in [2.24, 2.45) is 5.73 Å². The molecule has 0 aliphatic heterocycles. The Kier molecular flexibility index (Phi) is 3.79. The summed E-state index contributed by atoms with van der Waals surface area (Å²) < 4.78 is 5.52. The van der Waals surface area contributed by atoms with Crippen LogP contribution in [-0.2, 0) is 6.61 Å². The molecule has 1 aromatic heterocycles. The van der Waals surface area contributed by atoms with Crippen LogP contribution in [0.5, 0.6) is 5.88 Å². The van der Waals surface area contributed by atoms with Gasteiger partial charge in [-0.3, -0.25) is 5.41 Å². The van der Waals surface area contributed by atoms with Gasteiger partial charge in [0, 0.05) is 22.8 Å². The first-order chi connectivity index (χ1) is 8.65. The predicted octanol–water partition coefficient (Wildman–Crippen LogP) is 2.60. The first-order valence-corrected chi connectivity index (χ1v) is 5.70. The first-order valence-electron chi connectivity index (χ1n) is 5.33. The zero-order valence-corrected chi connectivity index (χ0v) is 10.3. The lowest BCUT2D eigenvalue weighted by atomic mass is 10.2. The number of ether oxygens (including phenoxy) is 1. The molecule has 0 radical (unpaired) electrons. The van der Waals surface area contributed by atoms with E-state index in [1.54, 1.807) is 30.5 Å². The van der Waals surface area contributed by atoms with Crippen LogP contribution in [0.1, 0.15) is 11.1 Å². The van der Waals surface area contributed by atoms with Crippen molar-refractivity contribution in [3.05, 3.63) is 58.7 Å². The van der Waals surface area contributed by atoms with E-state index in [1.807, 2.05) is 12.1 Å². The van der Waals surface area contributed by atoms with Gasteiger partial charge in [0.05, 0.1) is 0 Å². The van der Waals surface area contributed by atoms with Crippen molar-refractivity contribution in [2.45, 2.75) is 6.61 Å². The average Bonchev–Trinajstić information content (AvgIpc) is 2.38. The van der Waals surface area contributed by atoms with Crippen LogP contribution in [0.2, 0.25) is 5.02 Å². The molecule has 1 heterocycles. The maximum Gasteiger partial charge on any atom is 0.214 e. The fraction of sp³-hybridized carbons (Fsp3) is 0.0769. The van der Waals surface area contributed by atoms with Gasteiger partial charge in [-0.25, -0.2) is 4.98 Å². The van der Waals surface area contributed by atoms with Crippen LogP contribution in [0.3, 0.4) is 0 Å². The zero-order valence-electron chi connectivity index (χ0n) is 9.56. The van der Waals surface area contributed by atoms with Gasteiger partial charge >= 0.3 is 0 Å². The summed E-state index contributed by atoms with van der Waals surface area (Å²) >= 11 is 5.79. The van der Waals surface area contributed by atoms with Gasteiger partial charge in [-0.2, -0.15) is 0 Å². The van der Waals surface area contributed by atoms with Gasteiger partial charge in [0.15, 0.2) is 0 Å². The molecule has 3 N–H and O–H groups in total. The van der Waals surface area contributed by atoms with Crippen molar-refractivity contribution in [3.8, 4) is 5.88 Å². The summed E-state index contributed by atoms with van der Waals surface area (Å²) in [7, 11) is 0. The van der Waals surface area contributed by atoms with Crippen LogP contribution in [0, 0.1) is 5.41 Å². The highest BCUT2D eigenvalue weighted by Gasteiger charge is 2.01. The largest absolute Gasteiger partial charge is 0.473 e. The van der Waals surface area contributed by atoms with Crippen LogP contribution in [-0.4, -0.2) is 10.8 Å². The van der Waals surface area contributed by atoms with E-state index in [0.29, 0.717) is 23.1 Å². The number of nitrogens with one attached hydrogen (secondary N) is 1. The summed E-state index contributed by atoms with van der Waals surface area (Å²) in [4.78, 5) is 4.05. The summed E-state index contributed by atoms with van der Waals surface area (Å²) in [6, 6.07) is 10.7. The molecule has 5 heteroatoms. The summed E-state index contributed by atoms with van der Waals surface area (Å²) in [5.74, 6) is 0.436. The number of hydrogen-bond donors (Lipinski definition) is 2. The Morgan fingerprint density at radius 3 is 2.67 bits per heavy atom. The minimum Gasteiger partial charge on any atom is -0.473 e. The normalized spacial score (nSPS) is 10.1. The molecule has 0 saturated carbocycles. The third-order valence-electron chi connectivity index (χ3n) is 2.35. The molecule has 0 fully saturated rings. The van der Waals surface area contributed by atoms with E-state index in [0.717, 1.165) is 5.56 Å². The quantitative estimate of drug-likeness (QED) is 0.656. The van der Waals surface area contributed by atoms with Crippen LogP contribution >= 0.6 is 11.6 Å². The molecular weight excluding hydrogens is 250 g/mol. The molecule has 0 unspecified atom stereocenters. The van der Waals surface area contributed by atoms with Crippen molar-refractivity contribution in [1.29, 1.82) is 5.41 Å². The van der Waals surface area contributed by atoms with Gasteiger partial charge in [-0.15, -0.1) is 0 Å². The maximum atomic E-state index is 7.33. The number of nitrogens with zero attached hydrogens (tertiary/aromatic N) is 1. The third-order valence-corrected chi connectivity index (χ3v) is 2.60. The number of nitrogen functional groups attached to an aromatic ring is 1. The SMILES string of the molecule is N=C(N)c1ccnc(OCc2ccc(Cl)cc2)c1. The number of benzene rings is 1. The third kappa shape index (κ3) is 3.21. The zero-order chi connectivity index (χ0) is 13.0. The Morgan fingerprint density at radius 2 is 2.00 bits per heavy atom. The topological polar surface area (TPSA) is 72.0 Å². The second-order valence-corrected chi connectivity index (χ2v) is 4.15. The fourth-order valence-electron chi connectivity index (χ4n) is 1.39. The van der Waals surface area contributed by atoms with E-state index in [-0.39, 0.29) is 5.84 Å². The molecule has 0 aliphatic rings. The van der Waals surface area contributed by atoms with E-state index >= 15 is 0 Å². The summed E-state index contributed by atoms with van der Waals surface area (Å²) in [6.07, 6.45) is 1.56. The number of nitrogens with two attached hydrogens (primary N) is 1. The number of halogens is 1. The van der Waals surface area contributed by atoms with E-state index in [9.17, 15) is 0 Å². The summed E-state index contributed by atoms with van der Waals surface area (Å²) in [6.45, 7) is 0.394. The Bertz CT molecular complexity index is 554. The molecule has 0 spiro atoms. The van der Waals surface area contributed by atoms with Crippen LogP contribution < -0.4 is 10.5 Å². The van der Waals surface area contributed by atoms with Gasteiger partial charge in [0.2, 0.25) is 5.88 Å². The van der Waals surface area contributed by atoms with Crippen LogP contribution in [0.15, 0.2) is 42.6 Å². The highest BCUT2D eigenvalue weighted by molar-refractivity contribution is 6.30. The van der Waals surface area contributed by atoms with E-state index in [2.05, 4.69) is 4.98 Å². The summed E-state index contributed by atoms with van der Waals surface area (Å²) in [5.41, 5.74) is 6.98. The van der Waals surface area contributed by atoms with Crippen molar-refractivity contribution in [1.82, 2.24) is 4.98 Å². The Balaban J connectivity index is 2.04. The highest BCUT2D eigenvalue weighted by Crippen LogP contribution is 2.13. The number of amidine groups is 1. The second-order valence-electron chi connectivity index (χ2n) is 3.71. The lowest BCUT2D eigenvalue weighted by Gasteiger charge is -2.06. The van der Waals surface area contributed by atoms with Gasteiger partial charge < -0.3 is 10.5 Å². The molecule has 92 valence electrons. The van der Waals surface area contributed by atoms with E-state index < -0.39 is 0 Å². The molecule has 0 atom stereocenters. The monoisotopic (exact) mass is 261 g/mol. The van der Waals surface area contributed by atoms with Gasteiger partial charge in [-0.05, 0) is 23.8 Å². The van der Waals surface area contributed by atoms with Crippen molar-refractivity contribution in [2.75, 3.05) is 0 Å². The lowest BCUT2D eigenvalue weighted by molar-refractivity contribution is 0.294. The smallest absolute Gasteiger partial charge is 0.214 e. The van der Waals surface area contributed by atoms with E-state index in [1.165, 1.54) is 0 Å². The summed E-state index contributed by atoms with van der Waals surface area (Å²) in [5, 5.41) is 8.02. The highest BCUT2D eigenvalue weighted by atomic mass is 35.5. The Morgan fingerprint density at radius 1 is 1.28 bits per heavy atom. The molecule has 0 saturated heterocycles. The number of pyridine rings is 1.